The molecule has 0 bridgehead atoms. The van der Waals surface area contributed by atoms with E-state index >= 15 is 0 Å². The molecule has 2 heterocycles. The fraction of sp³-hybridized carbons (Fsp3) is 0.438. The van der Waals surface area contributed by atoms with Crippen molar-refractivity contribution in [1.29, 1.82) is 0 Å². The number of alkyl halides is 3. The van der Waals surface area contributed by atoms with Crippen molar-refractivity contribution in [1.82, 2.24) is 19.9 Å². The molecule has 0 saturated carbocycles. The van der Waals surface area contributed by atoms with Crippen molar-refractivity contribution in [3.8, 4) is 0 Å². The molecule has 0 aliphatic carbocycles. The first-order chi connectivity index (χ1) is 11.8. The van der Waals surface area contributed by atoms with Crippen molar-refractivity contribution < 1.29 is 13.2 Å². The third kappa shape index (κ3) is 6.54. The summed E-state index contributed by atoms with van der Waals surface area (Å²) < 4.78 is 39.1. The molecule has 0 amide bonds. The SMILES string of the molecule is CN(C)CCCNc1nc(NCc2cccnc2)cc(C(F)(F)F)n1. The van der Waals surface area contributed by atoms with Crippen LogP contribution in [0.4, 0.5) is 24.9 Å². The van der Waals surface area contributed by atoms with Crippen LogP contribution >= 0.6 is 0 Å². The molecule has 136 valence electrons. The summed E-state index contributed by atoms with van der Waals surface area (Å²) in [6.45, 7) is 1.63. The maximum atomic E-state index is 13.0. The fourth-order valence-electron chi connectivity index (χ4n) is 2.05. The summed E-state index contributed by atoms with van der Waals surface area (Å²) >= 11 is 0. The van der Waals surface area contributed by atoms with E-state index in [-0.39, 0.29) is 11.8 Å². The Kier molecular flexibility index (Phi) is 6.51. The van der Waals surface area contributed by atoms with E-state index in [0.717, 1.165) is 24.6 Å². The molecule has 2 aromatic heterocycles. The molecular formula is C16H21F3N6. The van der Waals surface area contributed by atoms with Crippen molar-refractivity contribution in [2.75, 3.05) is 37.8 Å². The highest BCUT2D eigenvalue weighted by atomic mass is 19.4. The Balaban J connectivity index is 2.07. The lowest BCUT2D eigenvalue weighted by molar-refractivity contribution is -0.141. The van der Waals surface area contributed by atoms with Crippen LogP contribution in [0.25, 0.3) is 0 Å². The first-order valence-electron chi connectivity index (χ1n) is 7.82. The van der Waals surface area contributed by atoms with Crippen molar-refractivity contribution in [3.63, 3.8) is 0 Å². The predicted molar refractivity (Wildman–Crippen MR) is 90.3 cm³/mol. The predicted octanol–water partition coefficient (Wildman–Crippen LogP) is 2.87. The van der Waals surface area contributed by atoms with Gasteiger partial charge in [0, 0.05) is 31.5 Å². The number of halogens is 3. The second-order valence-electron chi connectivity index (χ2n) is 5.76. The number of anilines is 2. The van der Waals surface area contributed by atoms with E-state index < -0.39 is 11.9 Å². The Bertz CT molecular complexity index is 661. The van der Waals surface area contributed by atoms with Crippen LogP contribution < -0.4 is 10.6 Å². The molecule has 0 atom stereocenters. The highest BCUT2D eigenvalue weighted by Gasteiger charge is 2.33. The van der Waals surface area contributed by atoms with Crippen LogP contribution in [0.5, 0.6) is 0 Å². The van der Waals surface area contributed by atoms with Gasteiger partial charge in [0.05, 0.1) is 0 Å². The Morgan fingerprint density at radius 2 is 1.96 bits per heavy atom. The molecule has 0 aliphatic heterocycles. The van der Waals surface area contributed by atoms with E-state index in [0.29, 0.717) is 13.1 Å². The molecule has 9 heteroatoms. The summed E-state index contributed by atoms with van der Waals surface area (Å²) in [6, 6.07) is 4.49. The van der Waals surface area contributed by atoms with E-state index in [4.69, 9.17) is 0 Å². The molecule has 0 saturated heterocycles. The van der Waals surface area contributed by atoms with Gasteiger partial charge in [-0.25, -0.2) is 4.98 Å². The third-order valence-corrected chi connectivity index (χ3v) is 3.28. The van der Waals surface area contributed by atoms with E-state index in [2.05, 4.69) is 25.6 Å². The summed E-state index contributed by atoms with van der Waals surface area (Å²) in [7, 11) is 3.86. The fourth-order valence-corrected chi connectivity index (χ4v) is 2.05. The number of aromatic nitrogens is 3. The molecule has 0 spiro atoms. The van der Waals surface area contributed by atoms with Crippen molar-refractivity contribution >= 4 is 11.8 Å². The van der Waals surface area contributed by atoms with Gasteiger partial charge in [-0.1, -0.05) is 6.07 Å². The number of pyridine rings is 1. The van der Waals surface area contributed by atoms with E-state index in [1.807, 2.05) is 25.1 Å². The minimum atomic E-state index is -4.53. The molecular weight excluding hydrogens is 333 g/mol. The highest BCUT2D eigenvalue weighted by Crippen LogP contribution is 2.29. The lowest BCUT2D eigenvalue weighted by atomic mass is 10.3. The normalized spacial score (nSPS) is 11.6. The molecule has 0 aromatic carbocycles. The third-order valence-electron chi connectivity index (χ3n) is 3.28. The highest BCUT2D eigenvalue weighted by molar-refractivity contribution is 5.43. The van der Waals surface area contributed by atoms with Gasteiger partial charge in [-0.15, -0.1) is 0 Å². The van der Waals surface area contributed by atoms with Gasteiger partial charge < -0.3 is 15.5 Å². The lowest BCUT2D eigenvalue weighted by Gasteiger charge is -2.13. The van der Waals surface area contributed by atoms with Crippen LogP contribution in [0, 0.1) is 0 Å². The Labute approximate surface area is 144 Å². The van der Waals surface area contributed by atoms with Gasteiger partial charge in [-0.2, -0.15) is 18.2 Å². The summed E-state index contributed by atoms with van der Waals surface area (Å²) in [4.78, 5) is 13.6. The molecule has 0 unspecified atom stereocenters. The minimum absolute atomic E-state index is 0.0396. The van der Waals surface area contributed by atoms with Crippen LogP contribution in [0.1, 0.15) is 17.7 Å². The zero-order valence-corrected chi connectivity index (χ0v) is 14.1. The average Bonchev–Trinajstić information content (AvgIpc) is 2.57. The van der Waals surface area contributed by atoms with Crippen LogP contribution in [0.15, 0.2) is 30.6 Å². The van der Waals surface area contributed by atoms with E-state index in [1.165, 1.54) is 0 Å². The molecule has 2 rings (SSSR count). The Hall–Kier alpha value is -2.42. The Morgan fingerprint density at radius 1 is 1.16 bits per heavy atom. The second kappa shape index (κ2) is 8.61. The van der Waals surface area contributed by atoms with Crippen LogP contribution in [-0.2, 0) is 12.7 Å². The number of hydrogen-bond donors (Lipinski definition) is 2. The summed E-state index contributed by atoms with van der Waals surface area (Å²) in [5.74, 6) is 0.0727. The van der Waals surface area contributed by atoms with Crippen LogP contribution in [0.3, 0.4) is 0 Å². The zero-order chi connectivity index (χ0) is 18.3. The van der Waals surface area contributed by atoms with Gasteiger partial charge in [0.1, 0.15) is 5.82 Å². The van der Waals surface area contributed by atoms with Gasteiger partial charge in [0.2, 0.25) is 5.95 Å². The standard InChI is InChI=1S/C16H21F3N6/c1-25(2)8-4-7-21-15-23-13(16(17,18)19)9-14(24-15)22-11-12-5-3-6-20-10-12/h3,5-6,9-10H,4,7-8,11H2,1-2H3,(H2,21,22,23,24). The van der Waals surface area contributed by atoms with E-state index in [1.54, 1.807) is 18.5 Å². The quantitative estimate of drug-likeness (QED) is 0.711. The number of rotatable bonds is 8. The van der Waals surface area contributed by atoms with Crippen LogP contribution in [0.2, 0.25) is 0 Å². The number of nitrogens with one attached hydrogen (secondary N) is 2. The average molecular weight is 354 g/mol. The van der Waals surface area contributed by atoms with Crippen LogP contribution in [-0.4, -0.2) is 47.0 Å². The molecule has 0 radical (unpaired) electrons. The first-order valence-corrected chi connectivity index (χ1v) is 7.82. The van der Waals surface area contributed by atoms with Crippen molar-refractivity contribution in [2.24, 2.45) is 0 Å². The second-order valence-corrected chi connectivity index (χ2v) is 5.76. The lowest BCUT2D eigenvalue weighted by Crippen LogP contribution is -2.18. The Morgan fingerprint density at radius 3 is 2.60 bits per heavy atom. The molecule has 2 N–H and O–H groups in total. The largest absolute Gasteiger partial charge is 0.433 e. The number of hydrogen-bond acceptors (Lipinski definition) is 6. The maximum absolute atomic E-state index is 13.0. The van der Waals surface area contributed by atoms with E-state index in [9.17, 15) is 13.2 Å². The minimum Gasteiger partial charge on any atom is -0.366 e. The first kappa shape index (κ1) is 18.9. The smallest absolute Gasteiger partial charge is 0.366 e. The summed E-state index contributed by atoms with van der Waals surface area (Å²) in [6.07, 6.45) is -0.496. The van der Waals surface area contributed by atoms with Gasteiger partial charge in [0.15, 0.2) is 5.69 Å². The molecule has 25 heavy (non-hydrogen) atoms. The number of nitrogens with zero attached hydrogens (tertiary/aromatic N) is 4. The van der Waals surface area contributed by atoms with Gasteiger partial charge in [0.25, 0.3) is 0 Å². The molecule has 0 aliphatic rings. The summed E-state index contributed by atoms with van der Waals surface area (Å²) in [5.41, 5.74) is -0.138. The molecule has 2 aromatic rings. The maximum Gasteiger partial charge on any atom is 0.433 e. The molecule has 0 fully saturated rings. The molecule has 6 nitrogen and oxygen atoms in total. The summed E-state index contributed by atoms with van der Waals surface area (Å²) in [5, 5.41) is 5.73. The monoisotopic (exact) mass is 354 g/mol. The topological polar surface area (TPSA) is 66.0 Å². The van der Waals surface area contributed by atoms with Gasteiger partial charge in [-0.05, 0) is 38.7 Å². The van der Waals surface area contributed by atoms with Gasteiger partial charge >= 0.3 is 6.18 Å². The van der Waals surface area contributed by atoms with Crippen molar-refractivity contribution in [3.05, 3.63) is 41.9 Å². The zero-order valence-electron chi connectivity index (χ0n) is 14.1. The van der Waals surface area contributed by atoms with Gasteiger partial charge in [-0.3, -0.25) is 4.98 Å². The van der Waals surface area contributed by atoms with Crippen molar-refractivity contribution in [2.45, 2.75) is 19.1 Å².